The van der Waals surface area contributed by atoms with Crippen molar-refractivity contribution in [2.45, 2.75) is 6.92 Å². The molecule has 0 aliphatic carbocycles. The number of methoxy groups -OCH3 is 1. The van der Waals surface area contributed by atoms with Gasteiger partial charge in [-0.2, -0.15) is 5.26 Å². The minimum absolute atomic E-state index is 0.141. The van der Waals surface area contributed by atoms with Gasteiger partial charge in [-0.15, -0.1) is 0 Å². The van der Waals surface area contributed by atoms with Crippen molar-refractivity contribution in [1.29, 1.82) is 5.26 Å². The molecule has 15 heavy (non-hydrogen) atoms. The summed E-state index contributed by atoms with van der Waals surface area (Å²) < 4.78 is 4.87. The molecule has 2 amide bonds. The molecule has 0 saturated heterocycles. The van der Waals surface area contributed by atoms with Crippen LogP contribution in [0.25, 0.3) is 0 Å². The fourth-order valence-corrected chi connectivity index (χ4v) is 0.891. The molecule has 6 nitrogen and oxygen atoms in total. The number of amides is 2. The molecule has 0 radical (unpaired) electrons. The zero-order valence-corrected chi connectivity index (χ0v) is 8.87. The Kier molecular flexibility index (Phi) is 6.93. The van der Waals surface area contributed by atoms with Crippen molar-refractivity contribution in [3.63, 3.8) is 0 Å². The van der Waals surface area contributed by atoms with Crippen molar-refractivity contribution in [1.82, 2.24) is 10.6 Å². The van der Waals surface area contributed by atoms with E-state index in [1.165, 1.54) is 0 Å². The van der Waals surface area contributed by atoms with Gasteiger partial charge in [0.15, 0.2) is 0 Å². The maximum Gasteiger partial charge on any atom is 0.310 e. The van der Waals surface area contributed by atoms with Crippen molar-refractivity contribution in [2.24, 2.45) is 5.92 Å². The van der Waals surface area contributed by atoms with Crippen molar-refractivity contribution in [3.8, 4) is 6.07 Å². The zero-order valence-electron chi connectivity index (χ0n) is 8.87. The third-order valence-corrected chi connectivity index (χ3v) is 1.60. The van der Waals surface area contributed by atoms with Gasteiger partial charge in [0, 0.05) is 13.7 Å². The van der Waals surface area contributed by atoms with E-state index in [-0.39, 0.29) is 12.5 Å². The molecule has 0 fully saturated rings. The third kappa shape index (κ3) is 6.46. The second-order valence-electron chi connectivity index (χ2n) is 3.11. The summed E-state index contributed by atoms with van der Waals surface area (Å²) in [6, 6.07) is 1.71. The van der Waals surface area contributed by atoms with Gasteiger partial charge in [0.25, 0.3) is 0 Å². The highest BCUT2D eigenvalue weighted by Crippen LogP contribution is 1.91. The molecular weight excluding hydrogens is 198 g/mol. The molecule has 0 aliphatic heterocycles. The molecular formula is C9H15N3O3. The van der Waals surface area contributed by atoms with E-state index in [9.17, 15) is 9.59 Å². The van der Waals surface area contributed by atoms with Gasteiger partial charge in [-0.25, -0.2) is 0 Å². The molecule has 0 aromatic heterocycles. The van der Waals surface area contributed by atoms with Crippen molar-refractivity contribution in [3.05, 3.63) is 0 Å². The van der Waals surface area contributed by atoms with Crippen LogP contribution < -0.4 is 10.6 Å². The predicted octanol–water partition coefficient (Wildman–Crippen LogP) is -0.975. The Morgan fingerprint density at radius 1 is 1.40 bits per heavy atom. The molecule has 0 aromatic carbocycles. The van der Waals surface area contributed by atoms with E-state index in [4.69, 9.17) is 10.00 Å². The molecule has 0 aliphatic rings. The standard InChI is InChI=1S/C9H15N3O3/c1-7(6-15-2)5-12-9(14)8(13)11-4-3-10/h7H,4-6H2,1-2H3,(H,11,13)(H,12,14). The lowest BCUT2D eigenvalue weighted by Crippen LogP contribution is -2.41. The van der Waals surface area contributed by atoms with Crippen LogP contribution in [0.5, 0.6) is 0 Å². The summed E-state index contributed by atoms with van der Waals surface area (Å²) in [5, 5.41) is 12.8. The van der Waals surface area contributed by atoms with Crippen molar-refractivity contribution in [2.75, 3.05) is 26.8 Å². The molecule has 1 unspecified atom stereocenters. The summed E-state index contributed by atoms with van der Waals surface area (Å²) in [7, 11) is 1.57. The topological polar surface area (TPSA) is 91.2 Å². The van der Waals surface area contributed by atoms with Crippen LogP contribution in [0.3, 0.4) is 0 Å². The number of ether oxygens (including phenoxy) is 1. The summed E-state index contributed by atoms with van der Waals surface area (Å²) >= 11 is 0. The Morgan fingerprint density at radius 3 is 2.53 bits per heavy atom. The van der Waals surface area contributed by atoms with Crippen LogP contribution in [0.1, 0.15) is 6.92 Å². The fourth-order valence-electron chi connectivity index (χ4n) is 0.891. The number of hydrogen-bond donors (Lipinski definition) is 2. The van der Waals surface area contributed by atoms with E-state index in [1.807, 2.05) is 6.92 Å². The van der Waals surface area contributed by atoms with Crippen LogP contribution in [0.4, 0.5) is 0 Å². The van der Waals surface area contributed by atoms with Crippen LogP contribution in [0, 0.1) is 17.2 Å². The van der Waals surface area contributed by atoms with Crippen LogP contribution in [0.2, 0.25) is 0 Å². The minimum atomic E-state index is -0.791. The average Bonchev–Trinajstić information content (AvgIpc) is 2.22. The van der Waals surface area contributed by atoms with E-state index >= 15 is 0 Å². The second-order valence-corrected chi connectivity index (χ2v) is 3.11. The molecule has 0 saturated carbocycles. The first-order valence-electron chi connectivity index (χ1n) is 4.53. The van der Waals surface area contributed by atoms with Gasteiger partial charge in [-0.1, -0.05) is 6.92 Å². The van der Waals surface area contributed by atoms with Crippen molar-refractivity contribution < 1.29 is 14.3 Å². The Morgan fingerprint density at radius 2 is 2.00 bits per heavy atom. The zero-order chi connectivity index (χ0) is 11.7. The van der Waals surface area contributed by atoms with Crippen LogP contribution in [0.15, 0.2) is 0 Å². The van der Waals surface area contributed by atoms with Gasteiger partial charge >= 0.3 is 11.8 Å². The molecule has 2 N–H and O–H groups in total. The molecule has 0 heterocycles. The fraction of sp³-hybridized carbons (Fsp3) is 0.667. The Labute approximate surface area is 88.6 Å². The molecule has 0 aromatic rings. The lowest BCUT2D eigenvalue weighted by molar-refractivity contribution is -0.139. The Bertz CT molecular complexity index is 260. The van der Waals surface area contributed by atoms with Gasteiger partial charge in [0.1, 0.15) is 6.54 Å². The third-order valence-electron chi connectivity index (χ3n) is 1.60. The van der Waals surface area contributed by atoms with Gasteiger partial charge in [0.2, 0.25) is 0 Å². The van der Waals surface area contributed by atoms with Crippen molar-refractivity contribution >= 4 is 11.8 Å². The predicted molar refractivity (Wildman–Crippen MR) is 52.7 cm³/mol. The summed E-state index contributed by atoms with van der Waals surface area (Å²) in [5.41, 5.74) is 0. The number of hydrogen-bond acceptors (Lipinski definition) is 4. The number of carbonyl (C=O) groups is 2. The summed E-state index contributed by atoms with van der Waals surface area (Å²) in [6.45, 7) is 2.60. The smallest absolute Gasteiger partial charge is 0.310 e. The highest BCUT2D eigenvalue weighted by molar-refractivity contribution is 6.35. The lowest BCUT2D eigenvalue weighted by atomic mass is 10.2. The monoisotopic (exact) mass is 213 g/mol. The van der Waals surface area contributed by atoms with Gasteiger partial charge in [0.05, 0.1) is 12.7 Å². The molecule has 0 spiro atoms. The summed E-state index contributed by atoms with van der Waals surface area (Å²) in [6.07, 6.45) is 0. The lowest BCUT2D eigenvalue weighted by Gasteiger charge is -2.10. The van der Waals surface area contributed by atoms with Gasteiger partial charge < -0.3 is 15.4 Å². The summed E-state index contributed by atoms with van der Waals surface area (Å²) in [4.78, 5) is 22.1. The minimum Gasteiger partial charge on any atom is -0.384 e. The molecule has 1 atom stereocenters. The number of carbonyl (C=O) groups excluding carboxylic acids is 2. The van der Waals surface area contributed by atoms with Crippen LogP contribution in [-0.2, 0) is 14.3 Å². The van der Waals surface area contributed by atoms with E-state index in [0.29, 0.717) is 13.2 Å². The quantitative estimate of drug-likeness (QED) is 0.454. The second kappa shape index (κ2) is 7.76. The van der Waals surface area contributed by atoms with E-state index in [2.05, 4.69) is 10.6 Å². The number of rotatable bonds is 5. The van der Waals surface area contributed by atoms with Crippen LogP contribution in [-0.4, -0.2) is 38.6 Å². The normalized spacial score (nSPS) is 11.3. The Balaban J connectivity index is 3.74. The summed E-state index contributed by atoms with van der Waals surface area (Å²) in [5.74, 6) is -1.38. The maximum absolute atomic E-state index is 11.1. The molecule has 84 valence electrons. The first-order valence-corrected chi connectivity index (χ1v) is 4.53. The Hall–Kier alpha value is -1.61. The molecule has 6 heteroatoms. The van der Waals surface area contributed by atoms with Crippen LogP contribution >= 0.6 is 0 Å². The SMILES string of the molecule is COCC(C)CNC(=O)C(=O)NCC#N. The highest BCUT2D eigenvalue weighted by atomic mass is 16.5. The number of nitriles is 1. The number of nitrogens with zero attached hydrogens (tertiary/aromatic N) is 1. The first-order chi connectivity index (χ1) is 7.11. The maximum atomic E-state index is 11.1. The number of nitrogens with one attached hydrogen (secondary N) is 2. The van der Waals surface area contributed by atoms with E-state index < -0.39 is 11.8 Å². The average molecular weight is 213 g/mol. The first kappa shape index (κ1) is 13.4. The largest absolute Gasteiger partial charge is 0.384 e. The van der Waals surface area contributed by atoms with Gasteiger partial charge in [-0.05, 0) is 5.92 Å². The van der Waals surface area contributed by atoms with E-state index in [1.54, 1.807) is 13.2 Å². The van der Waals surface area contributed by atoms with Gasteiger partial charge in [-0.3, -0.25) is 9.59 Å². The molecule has 0 rings (SSSR count). The highest BCUT2D eigenvalue weighted by Gasteiger charge is 2.13. The molecule has 0 bridgehead atoms. The van der Waals surface area contributed by atoms with E-state index in [0.717, 1.165) is 0 Å².